The second-order valence-corrected chi connectivity index (χ2v) is 6.56. The van der Waals surface area contributed by atoms with Crippen LogP contribution in [0.25, 0.3) is 0 Å². The van der Waals surface area contributed by atoms with Gasteiger partial charge in [-0.3, -0.25) is 15.1 Å². The smallest absolute Gasteiger partial charge is 0.407 e. The third-order valence-electron chi connectivity index (χ3n) is 3.14. The number of hydrogen-bond donors (Lipinski definition) is 4. The van der Waals surface area contributed by atoms with Gasteiger partial charge in [0.15, 0.2) is 5.96 Å². The Balaban J connectivity index is 0.00000729. The van der Waals surface area contributed by atoms with Crippen LogP contribution in [0.4, 0.5) is 16.2 Å². The molecule has 0 bridgehead atoms. The number of alkyl carbamates (subject to hydrolysis) is 1. The predicted octanol–water partition coefficient (Wildman–Crippen LogP) is 2.31. The molecular weight excluding hydrogens is 479 g/mol. The Kier molecular flexibility index (Phi) is 11.9. The van der Waals surface area contributed by atoms with E-state index in [2.05, 4.69) is 26.3 Å². The van der Waals surface area contributed by atoms with Gasteiger partial charge in [-0.1, -0.05) is 12.1 Å². The molecule has 0 radical (unpaired) electrons. The van der Waals surface area contributed by atoms with Crippen LogP contribution in [0.1, 0.15) is 20.8 Å². The summed E-state index contributed by atoms with van der Waals surface area (Å²) in [4.78, 5) is 26.1. The fourth-order valence-electron chi connectivity index (χ4n) is 2.04. The molecule has 1 aromatic carbocycles. The molecule has 1 rings (SSSR count). The molecule has 10 nitrogen and oxygen atoms in total. The zero-order valence-electron chi connectivity index (χ0n) is 16.6. The highest BCUT2D eigenvalue weighted by Crippen LogP contribution is 2.22. The maximum Gasteiger partial charge on any atom is 0.407 e. The van der Waals surface area contributed by atoms with Crippen molar-refractivity contribution in [1.82, 2.24) is 16.0 Å². The summed E-state index contributed by atoms with van der Waals surface area (Å²) in [6, 6.07) is 6.47. The van der Waals surface area contributed by atoms with Crippen LogP contribution < -0.4 is 21.3 Å². The molecule has 0 aliphatic carbocycles. The lowest BCUT2D eigenvalue weighted by molar-refractivity contribution is -0.384. The molecule has 28 heavy (non-hydrogen) atoms. The summed E-state index contributed by atoms with van der Waals surface area (Å²) in [7, 11) is 1.63. The molecule has 158 valence electrons. The Morgan fingerprint density at radius 1 is 1.11 bits per heavy atom. The number of aliphatic imine (C=N–C) groups is 1. The molecule has 1 aromatic rings. The quantitative estimate of drug-likeness (QED) is 0.106. The number of carbonyl (C=O) groups is 1. The second-order valence-electron chi connectivity index (χ2n) is 6.56. The SMILES string of the molecule is CN=C(NCCNC(=O)OC(C)(C)C)NCCNc1ccccc1[N+](=O)[O-].I. The van der Waals surface area contributed by atoms with E-state index < -0.39 is 16.6 Å². The van der Waals surface area contributed by atoms with Crippen molar-refractivity contribution in [2.45, 2.75) is 26.4 Å². The zero-order valence-corrected chi connectivity index (χ0v) is 18.9. The monoisotopic (exact) mass is 508 g/mol. The van der Waals surface area contributed by atoms with E-state index in [0.29, 0.717) is 37.8 Å². The Morgan fingerprint density at radius 3 is 2.25 bits per heavy atom. The standard InChI is InChI=1S/C17H28N6O4.HI/c1-17(2,3)27-16(24)22-12-11-21-15(18-4)20-10-9-19-13-7-5-6-8-14(13)23(25)26;/h5-8,19H,9-12H2,1-4H3,(H,22,24)(H2,18,20,21);1H. The summed E-state index contributed by atoms with van der Waals surface area (Å²) in [5, 5.41) is 22.7. The lowest BCUT2D eigenvalue weighted by Gasteiger charge is -2.20. The minimum absolute atomic E-state index is 0. The average Bonchev–Trinajstić information content (AvgIpc) is 2.59. The van der Waals surface area contributed by atoms with Crippen LogP contribution in [0.5, 0.6) is 0 Å². The molecule has 0 aliphatic rings. The summed E-state index contributed by atoms with van der Waals surface area (Å²) in [6.07, 6.45) is -0.471. The van der Waals surface area contributed by atoms with Crippen molar-refractivity contribution in [3.63, 3.8) is 0 Å². The molecule has 0 fully saturated rings. The number of nitro groups is 1. The van der Waals surface area contributed by atoms with E-state index in [9.17, 15) is 14.9 Å². The number of nitrogens with one attached hydrogen (secondary N) is 4. The van der Waals surface area contributed by atoms with Crippen molar-refractivity contribution in [2.75, 3.05) is 38.5 Å². The number of carbonyl (C=O) groups excluding carboxylic acids is 1. The summed E-state index contributed by atoms with van der Waals surface area (Å²) >= 11 is 0. The molecule has 0 unspecified atom stereocenters. The fraction of sp³-hybridized carbons (Fsp3) is 0.529. The molecule has 0 spiro atoms. The van der Waals surface area contributed by atoms with Gasteiger partial charge in [-0.15, -0.1) is 24.0 Å². The summed E-state index contributed by atoms with van der Waals surface area (Å²) in [5.74, 6) is 0.561. The first-order valence-corrected chi connectivity index (χ1v) is 8.61. The summed E-state index contributed by atoms with van der Waals surface area (Å²) in [5.41, 5.74) is -0.0299. The first kappa shape index (κ1) is 25.7. The Hall–Kier alpha value is -2.31. The maximum atomic E-state index is 11.5. The van der Waals surface area contributed by atoms with Crippen molar-refractivity contribution in [1.29, 1.82) is 0 Å². The number of halogens is 1. The van der Waals surface area contributed by atoms with Gasteiger partial charge in [0.25, 0.3) is 5.69 Å². The molecule has 1 amide bonds. The molecule has 0 aliphatic heterocycles. The van der Waals surface area contributed by atoms with Crippen LogP contribution in [-0.2, 0) is 4.74 Å². The third kappa shape index (κ3) is 10.7. The van der Waals surface area contributed by atoms with Gasteiger partial charge in [-0.25, -0.2) is 4.79 Å². The number of nitrogens with zero attached hydrogens (tertiary/aromatic N) is 2. The van der Waals surface area contributed by atoms with Gasteiger partial charge in [0, 0.05) is 39.3 Å². The second kappa shape index (κ2) is 13.0. The van der Waals surface area contributed by atoms with Gasteiger partial charge in [-0.05, 0) is 26.8 Å². The van der Waals surface area contributed by atoms with E-state index in [1.54, 1.807) is 46.0 Å². The van der Waals surface area contributed by atoms with E-state index in [1.165, 1.54) is 6.07 Å². The average molecular weight is 508 g/mol. The topological polar surface area (TPSA) is 130 Å². The zero-order chi connectivity index (χ0) is 20.3. The summed E-state index contributed by atoms with van der Waals surface area (Å²) in [6.45, 7) is 7.23. The Labute approximate surface area is 182 Å². The molecular formula is C17H29IN6O4. The maximum absolute atomic E-state index is 11.5. The molecule has 11 heteroatoms. The molecule has 4 N–H and O–H groups in total. The third-order valence-corrected chi connectivity index (χ3v) is 3.14. The van der Waals surface area contributed by atoms with Crippen LogP contribution >= 0.6 is 24.0 Å². The van der Waals surface area contributed by atoms with E-state index in [4.69, 9.17) is 4.74 Å². The number of benzene rings is 1. The highest BCUT2D eigenvalue weighted by atomic mass is 127. The molecule has 0 saturated carbocycles. The van der Waals surface area contributed by atoms with Crippen molar-refractivity contribution in [3.8, 4) is 0 Å². The Morgan fingerprint density at radius 2 is 1.68 bits per heavy atom. The van der Waals surface area contributed by atoms with Gasteiger partial charge >= 0.3 is 6.09 Å². The number of para-hydroxylation sites is 2. The highest BCUT2D eigenvalue weighted by molar-refractivity contribution is 14.0. The van der Waals surface area contributed by atoms with Crippen LogP contribution in [-0.4, -0.2) is 55.8 Å². The molecule has 0 aromatic heterocycles. The van der Waals surface area contributed by atoms with Crippen LogP contribution in [0.2, 0.25) is 0 Å². The number of guanidine groups is 1. The first-order chi connectivity index (χ1) is 12.7. The van der Waals surface area contributed by atoms with Gasteiger partial charge in [0.1, 0.15) is 11.3 Å². The molecule has 0 atom stereocenters. The number of anilines is 1. The van der Waals surface area contributed by atoms with Gasteiger partial charge in [0.05, 0.1) is 4.92 Å². The van der Waals surface area contributed by atoms with Crippen molar-refractivity contribution < 1.29 is 14.5 Å². The minimum atomic E-state index is -0.532. The predicted molar refractivity (Wildman–Crippen MR) is 121 cm³/mol. The van der Waals surface area contributed by atoms with E-state index in [-0.39, 0.29) is 29.7 Å². The largest absolute Gasteiger partial charge is 0.444 e. The number of rotatable bonds is 8. The van der Waals surface area contributed by atoms with Gasteiger partial charge in [-0.2, -0.15) is 0 Å². The van der Waals surface area contributed by atoms with Crippen LogP contribution in [0.3, 0.4) is 0 Å². The lowest BCUT2D eigenvalue weighted by Crippen LogP contribution is -2.43. The lowest BCUT2D eigenvalue weighted by atomic mass is 10.2. The van der Waals surface area contributed by atoms with Crippen molar-refractivity contribution in [3.05, 3.63) is 34.4 Å². The number of amides is 1. The van der Waals surface area contributed by atoms with Gasteiger partial charge < -0.3 is 26.0 Å². The van der Waals surface area contributed by atoms with E-state index in [1.807, 2.05) is 0 Å². The van der Waals surface area contributed by atoms with Crippen LogP contribution in [0, 0.1) is 10.1 Å². The Bertz CT molecular complexity index is 663. The van der Waals surface area contributed by atoms with E-state index >= 15 is 0 Å². The van der Waals surface area contributed by atoms with Crippen molar-refractivity contribution >= 4 is 47.4 Å². The molecule has 0 heterocycles. The normalized spacial score (nSPS) is 11.1. The highest BCUT2D eigenvalue weighted by Gasteiger charge is 2.15. The van der Waals surface area contributed by atoms with E-state index in [0.717, 1.165) is 0 Å². The van der Waals surface area contributed by atoms with Crippen molar-refractivity contribution in [2.24, 2.45) is 4.99 Å². The number of hydrogen-bond acceptors (Lipinski definition) is 6. The fourth-order valence-corrected chi connectivity index (χ4v) is 2.04. The van der Waals surface area contributed by atoms with Gasteiger partial charge in [0.2, 0.25) is 0 Å². The number of nitro benzene ring substituents is 1. The minimum Gasteiger partial charge on any atom is -0.444 e. The summed E-state index contributed by atoms with van der Waals surface area (Å²) < 4.78 is 5.14. The van der Waals surface area contributed by atoms with Crippen LogP contribution in [0.15, 0.2) is 29.3 Å². The number of ether oxygens (including phenoxy) is 1. The molecule has 0 saturated heterocycles. The first-order valence-electron chi connectivity index (χ1n) is 8.61.